The van der Waals surface area contributed by atoms with Crippen LogP contribution in [0.15, 0.2) is 18.2 Å². The van der Waals surface area contributed by atoms with Gasteiger partial charge in [-0.25, -0.2) is 0 Å². The Morgan fingerprint density at radius 2 is 1.81 bits per heavy atom. The standard InChI is InChI=1S/C18H29NO2/c1-13(2)15-7-5-6-8-16(15)19-12-14-9-10-17(20-3)18(11-14)21-4/h9-11,13,15-16,19H,5-8,12H2,1-4H3. The second kappa shape index (κ2) is 7.69. The van der Waals surface area contributed by atoms with Gasteiger partial charge < -0.3 is 14.8 Å². The largest absolute Gasteiger partial charge is 0.493 e. The first-order valence-electron chi connectivity index (χ1n) is 8.10. The molecule has 1 fully saturated rings. The quantitative estimate of drug-likeness (QED) is 0.859. The molecule has 0 aliphatic heterocycles. The van der Waals surface area contributed by atoms with E-state index in [-0.39, 0.29) is 0 Å². The molecule has 0 aromatic heterocycles. The fourth-order valence-corrected chi connectivity index (χ4v) is 3.45. The van der Waals surface area contributed by atoms with Gasteiger partial charge in [0.25, 0.3) is 0 Å². The van der Waals surface area contributed by atoms with Crippen LogP contribution in [0.4, 0.5) is 0 Å². The maximum absolute atomic E-state index is 5.38. The monoisotopic (exact) mass is 291 g/mol. The zero-order valence-corrected chi connectivity index (χ0v) is 13.8. The van der Waals surface area contributed by atoms with Gasteiger partial charge in [0.05, 0.1) is 14.2 Å². The molecule has 0 saturated heterocycles. The minimum Gasteiger partial charge on any atom is -0.493 e. The summed E-state index contributed by atoms with van der Waals surface area (Å²) < 4.78 is 10.7. The summed E-state index contributed by atoms with van der Waals surface area (Å²) in [7, 11) is 3.36. The molecule has 1 saturated carbocycles. The van der Waals surface area contributed by atoms with Crippen molar-refractivity contribution >= 4 is 0 Å². The molecule has 21 heavy (non-hydrogen) atoms. The van der Waals surface area contributed by atoms with Crippen LogP contribution in [-0.4, -0.2) is 20.3 Å². The molecule has 118 valence electrons. The van der Waals surface area contributed by atoms with Gasteiger partial charge in [0.1, 0.15) is 0 Å². The van der Waals surface area contributed by atoms with Gasteiger partial charge in [-0.15, -0.1) is 0 Å². The van der Waals surface area contributed by atoms with Crippen molar-refractivity contribution in [2.75, 3.05) is 14.2 Å². The summed E-state index contributed by atoms with van der Waals surface area (Å²) in [5.41, 5.74) is 1.25. The lowest BCUT2D eigenvalue weighted by Gasteiger charge is -2.35. The lowest BCUT2D eigenvalue weighted by atomic mass is 9.78. The first kappa shape index (κ1) is 16.2. The van der Waals surface area contributed by atoms with E-state index in [4.69, 9.17) is 9.47 Å². The van der Waals surface area contributed by atoms with E-state index in [1.165, 1.54) is 31.2 Å². The third-order valence-corrected chi connectivity index (χ3v) is 4.69. The van der Waals surface area contributed by atoms with E-state index in [9.17, 15) is 0 Å². The van der Waals surface area contributed by atoms with Crippen LogP contribution in [0.2, 0.25) is 0 Å². The fraction of sp³-hybridized carbons (Fsp3) is 0.667. The molecule has 0 heterocycles. The second-order valence-electron chi connectivity index (χ2n) is 6.37. The Hall–Kier alpha value is -1.22. The van der Waals surface area contributed by atoms with Crippen LogP contribution in [0.5, 0.6) is 11.5 Å². The molecule has 3 nitrogen and oxygen atoms in total. The molecule has 1 N–H and O–H groups in total. The summed E-state index contributed by atoms with van der Waals surface area (Å²) in [4.78, 5) is 0. The van der Waals surface area contributed by atoms with Gasteiger partial charge in [0.2, 0.25) is 0 Å². The highest BCUT2D eigenvalue weighted by Gasteiger charge is 2.26. The van der Waals surface area contributed by atoms with E-state index >= 15 is 0 Å². The number of hydrogen-bond donors (Lipinski definition) is 1. The predicted molar refractivity (Wildman–Crippen MR) is 87.0 cm³/mol. The average Bonchev–Trinajstić information content (AvgIpc) is 2.52. The Morgan fingerprint density at radius 1 is 1.10 bits per heavy atom. The van der Waals surface area contributed by atoms with Gasteiger partial charge in [-0.1, -0.05) is 32.8 Å². The highest BCUT2D eigenvalue weighted by molar-refractivity contribution is 5.42. The highest BCUT2D eigenvalue weighted by atomic mass is 16.5. The van der Waals surface area contributed by atoms with Crippen LogP contribution >= 0.6 is 0 Å². The minimum atomic E-state index is 0.645. The zero-order valence-electron chi connectivity index (χ0n) is 13.8. The Kier molecular flexibility index (Phi) is 5.92. The van der Waals surface area contributed by atoms with Crippen LogP contribution in [-0.2, 0) is 6.54 Å². The first-order chi connectivity index (χ1) is 10.2. The van der Waals surface area contributed by atoms with Crippen LogP contribution in [0.25, 0.3) is 0 Å². The van der Waals surface area contributed by atoms with Crippen molar-refractivity contribution in [1.29, 1.82) is 0 Å². The van der Waals surface area contributed by atoms with Crippen LogP contribution < -0.4 is 14.8 Å². The molecule has 0 bridgehead atoms. The first-order valence-corrected chi connectivity index (χ1v) is 8.10. The maximum atomic E-state index is 5.38. The van der Waals surface area contributed by atoms with Crippen LogP contribution in [0.3, 0.4) is 0 Å². The van der Waals surface area contributed by atoms with Crippen molar-refractivity contribution in [2.45, 2.75) is 52.1 Å². The third-order valence-electron chi connectivity index (χ3n) is 4.69. The van der Waals surface area contributed by atoms with E-state index in [2.05, 4.69) is 31.3 Å². The van der Waals surface area contributed by atoms with Crippen molar-refractivity contribution in [1.82, 2.24) is 5.32 Å². The third kappa shape index (κ3) is 4.13. The second-order valence-corrected chi connectivity index (χ2v) is 6.37. The van der Waals surface area contributed by atoms with E-state index in [0.29, 0.717) is 6.04 Å². The molecule has 0 spiro atoms. The summed E-state index contributed by atoms with van der Waals surface area (Å²) in [6.07, 6.45) is 5.40. The zero-order chi connectivity index (χ0) is 15.2. The molecule has 0 radical (unpaired) electrons. The fourth-order valence-electron chi connectivity index (χ4n) is 3.45. The highest BCUT2D eigenvalue weighted by Crippen LogP contribution is 2.31. The normalized spacial score (nSPS) is 22.3. The van der Waals surface area contributed by atoms with Gasteiger partial charge >= 0.3 is 0 Å². The molecule has 2 atom stereocenters. The van der Waals surface area contributed by atoms with Gasteiger partial charge in [-0.2, -0.15) is 0 Å². The SMILES string of the molecule is COc1ccc(CNC2CCCCC2C(C)C)cc1OC. The summed E-state index contributed by atoms with van der Waals surface area (Å²) in [5, 5.41) is 3.76. The smallest absolute Gasteiger partial charge is 0.161 e. The van der Waals surface area contributed by atoms with E-state index in [1.54, 1.807) is 14.2 Å². The molecule has 1 aliphatic rings. The summed E-state index contributed by atoms with van der Waals surface area (Å²) in [6.45, 7) is 5.59. The van der Waals surface area contributed by atoms with E-state index in [0.717, 1.165) is 29.9 Å². The Morgan fingerprint density at radius 3 is 2.48 bits per heavy atom. The topological polar surface area (TPSA) is 30.5 Å². The molecule has 2 rings (SSSR count). The van der Waals surface area contributed by atoms with Crippen molar-refractivity contribution in [3.05, 3.63) is 23.8 Å². The molecule has 1 aliphatic carbocycles. The maximum Gasteiger partial charge on any atom is 0.161 e. The van der Waals surface area contributed by atoms with Gasteiger partial charge in [-0.05, 0) is 42.4 Å². The lowest BCUT2D eigenvalue weighted by Crippen LogP contribution is -2.40. The summed E-state index contributed by atoms with van der Waals surface area (Å²) in [5.74, 6) is 3.16. The molecule has 1 aromatic rings. The minimum absolute atomic E-state index is 0.645. The number of rotatable bonds is 6. The average molecular weight is 291 g/mol. The predicted octanol–water partition coefficient (Wildman–Crippen LogP) is 4.01. The number of ether oxygens (including phenoxy) is 2. The molecule has 3 heteroatoms. The van der Waals surface area contributed by atoms with Crippen molar-refractivity contribution in [2.24, 2.45) is 11.8 Å². The number of benzene rings is 1. The molecule has 1 aromatic carbocycles. The van der Waals surface area contributed by atoms with Crippen LogP contribution in [0.1, 0.15) is 45.1 Å². The number of nitrogens with one attached hydrogen (secondary N) is 1. The Balaban J connectivity index is 1.98. The van der Waals surface area contributed by atoms with E-state index < -0.39 is 0 Å². The Bertz CT molecular complexity index is 445. The number of methoxy groups -OCH3 is 2. The molecular weight excluding hydrogens is 262 g/mol. The molecule has 2 unspecified atom stereocenters. The lowest BCUT2D eigenvalue weighted by molar-refractivity contribution is 0.204. The van der Waals surface area contributed by atoms with E-state index in [1.807, 2.05) is 6.07 Å². The van der Waals surface area contributed by atoms with Crippen molar-refractivity contribution in [3.63, 3.8) is 0 Å². The van der Waals surface area contributed by atoms with Crippen LogP contribution in [0, 0.1) is 11.8 Å². The van der Waals surface area contributed by atoms with Crippen molar-refractivity contribution < 1.29 is 9.47 Å². The Labute approximate surface area is 129 Å². The van der Waals surface area contributed by atoms with Gasteiger partial charge in [0, 0.05) is 12.6 Å². The van der Waals surface area contributed by atoms with Gasteiger partial charge in [0.15, 0.2) is 11.5 Å². The van der Waals surface area contributed by atoms with Crippen molar-refractivity contribution in [3.8, 4) is 11.5 Å². The van der Waals surface area contributed by atoms with Gasteiger partial charge in [-0.3, -0.25) is 0 Å². The number of hydrogen-bond acceptors (Lipinski definition) is 3. The summed E-state index contributed by atoms with van der Waals surface area (Å²) in [6, 6.07) is 6.81. The molecular formula is C18H29NO2. The summed E-state index contributed by atoms with van der Waals surface area (Å²) >= 11 is 0. The molecule has 0 amide bonds.